The van der Waals surface area contributed by atoms with Crippen LogP contribution in [0.5, 0.6) is 0 Å². The predicted molar refractivity (Wildman–Crippen MR) is 88.4 cm³/mol. The second-order valence-electron chi connectivity index (χ2n) is 6.94. The largest absolute Gasteiger partial charge is 0.339 e. The smallest absolute Gasteiger partial charge is 0.228 e. The molecule has 0 aliphatic carbocycles. The summed E-state index contributed by atoms with van der Waals surface area (Å²) in [5.74, 6) is 1.67. The van der Waals surface area contributed by atoms with Crippen molar-refractivity contribution in [1.29, 1.82) is 0 Å². The number of anilines is 1. The highest BCUT2D eigenvalue weighted by atomic mass is 16.5. The first-order valence-electron chi connectivity index (χ1n) is 8.09. The molecule has 5 nitrogen and oxygen atoms in total. The van der Waals surface area contributed by atoms with E-state index in [1.807, 2.05) is 23.1 Å². The van der Waals surface area contributed by atoms with Crippen molar-refractivity contribution in [3.05, 3.63) is 41.5 Å². The fraction of sp³-hybridized carbons (Fsp3) is 0.500. The summed E-state index contributed by atoms with van der Waals surface area (Å²) in [6.07, 6.45) is 1.80. The Balaban J connectivity index is 1.84. The second kappa shape index (κ2) is 5.80. The minimum absolute atomic E-state index is 0.102. The van der Waals surface area contributed by atoms with Crippen LogP contribution in [-0.2, 0) is 11.2 Å². The maximum atomic E-state index is 12.9. The molecule has 1 atom stereocenters. The van der Waals surface area contributed by atoms with Crippen LogP contribution in [0.15, 0.2) is 28.8 Å². The van der Waals surface area contributed by atoms with Crippen molar-refractivity contribution in [2.24, 2.45) is 0 Å². The molecule has 0 N–H and O–H groups in total. The van der Waals surface area contributed by atoms with E-state index < -0.39 is 0 Å². The summed E-state index contributed by atoms with van der Waals surface area (Å²) in [7, 11) is 0. The summed E-state index contributed by atoms with van der Waals surface area (Å²) in [4.78, 5) is 19.0. The van der Waals surface area contributed by atoms with Gasteiger partial charge in [-0.15, -0.1) is 0 Å². The molecule has 1 aromatic carbocycles. The van der Waals surface area contributed by atoms with Gasteiger partial charge in [-0.25, -0.2) is 0 Å². The average molecular weight is 313 g/mol. The van der Waals surface area contributed by atoms with Gasteiger partial charge in [0.15, 0.2) is 5.82 Å². The molecule has 1 amide bonds. The molecule has 0 fully saturated rings. The summed E-state index contributed by atoms with van der Waals surface area (Å²) in [6, 6.07) is 8.20. The van der Waals surface area contributed by atoms with Crippen LogP contribution in [0.2, 0.25) is 0 Å². The van der Waals surface area contributed by atoms with Crippen LogP contribution < -0.4 is 4.90 Å². The van der Waals surface area contributed by atoms with Crippen molar-refractivity contribution in [1.82, 2.24) is 10.1 Å². The third-order valence-corrected chi connectivity index (χ3v) is 4.49. The van der Waals surface area contributed by atoms with Gasteiger partial charge < -0.3 is 9.42 Å². The zero-order chi connectivity index (χ0) is 16.6. The van der Waals surface area contributed by atoms with Crippen LogP contribution in [0.1, 0.15) is 56.8 Å². The van der Waals surface area contributed by atoms with Gasteiger partial charge in [0.25, 0.3) is 0 Å². The molecule has 5 heteroatoms. The van der Waals surface area contributed by atoms with E-state index in [4.69, 9.17) is 4.52 Å². The summed E-state index contributed by atoms with van der Waals surface area (Å²) < 4.78 is 5.11. The summed E-state index contributed by atoms with van der Waals surface area (Å²) in [6.45, 7) is 8.27. The highest BCUT2D eigenvalue weighted by molar-refractivity contribution is 5.96. The maximum Gasteiger partial charge on any atom is 0.228 e. The minimum atomic E-state index is -0.199. The first kappa shape index (κ1) is 15.7. The molecule has 0 unspecified atom stereocenters. The van der Waals surface area contributed by atoms with Gasteiger partial charge in [-0.1, -0.05) is 30.3 Å². The molecule has 0 saturated carbocycles. The first-order chi connectivity index (χ1) is 10.9. The number of hydrogen-bond donors (Lipinski definition) is 0. The summed E-state index contributed by atoms with van der Waals surface area (Å²) >= 11 is 0. The first-order valence-corrected chi connectivity index (χ1v) is 8.09. The Bertz CT molecular complexity index is 721. The van der Waals surface area contributed by atoms with Gasteiger partial charge in [0.1, 0.15) is 0 Å². The Labute approximate surface area is 136 Å². The number of aryl methyl sites for hydroxylation is 2. The summed E-state index contributed by atoms with van der Waals surface area (Å²) in [5.41, 5.74) is 2.08. The maximum absolute atomic E-state index is 12.9. The van der Waals surface area contributed by atoms with Crippen LogP contribution >= 0.6 is 0 Å². The molecule has 2 heterocycles. The van der Waals surface area contributed by atoms with Crippen molar-refractivity contribution in [3.63, 3.8) is 0 Å². The van der Waals surface area contributed by atoms with E-state index in [0.29, 0.717) is 30.5 Å². The summed E-state index contributed by atoms with van der Waals surface area (Å²) in [5, 5.41) is 3.77. The van der Waals surface area contributed by atoms with Crippen LogP contribution in [0, 0.1) is 6.92 Å². The molecule has 3 rings (SSSR count). The van der Waals surface area contributed by atoms with Crippen molar-refractivity contribution >= 4 is 11.6 Å². The fourth-order valence-electron chi connectivity index (χ4n) is 3.62. The Morgan fingerprint density at radius 1 is 1.39 bits per heavy atom. The normalized spacial score (nSPS) is 19.5. The minimum Gasteiger partial charge on any atom is -0.339 e. The molecule has 0 spiro atoms. The molecule has 122 valence electrons. The van der Waals surface area contributed by atoms with E-state index in [9.17, 15) is 4.79 Å². The van der Waals surface area contributed by atoms with E-state index in [-0.39, 0.29) is 11.4 Å². The molecule has 1 aliphatic rings. The monoisotopic (exact) mass is 313 g/mol. The molecule has 0 bridgehead atoms. The number of aromatic nitrogens is 2. The van der Waals surface area contributed by atoms with Gasteiger partial charge in [0.05, 0.1) is 0 Å². The second-order valence-corrected chi connectivity index (χ2v) is 6.94. The lowest BCUT2D eigenvalue weighted by Crippen LogP contribution is -2.51. The number of amides is 1. The van der Waals surface area contributed by atoms with E-state index in [2.05, 4.69) is 37.0 Å². The van der Waals surface area contributed by atoms with E-state index >= 15 is 0 Å². The van der Waals surface area contributed by atoms with Crippen LogP contribution in [0.25, 0.3) is 0 Å². The number of para-hydroxylation sites is 1. The number of rotatable bonds is 3. The Hall–Kier alpha value is -2.17. The Morgan fingerprint density at radius 3 is 2.83 bits per heavy atom. The number of hydrogen-bond acceptors (Lipinski definition) is 4. The van der Waals surface area contributed by atoms with Gasteiger partial charge in [-0.05, 0) is 44.7 Å². The number of carbonyl (C=O) groups excluding carboxylic acids is 1. The molecule has 0 radical (unpaired) electrons. The van der Waals surface area contributed by atoms with Gasteiger partial charge in [0.2, 0.25) is 11.8 Å². The average Bonchev–Trinajstić information content (AvgIpc) is 2.90. The molecular formula is C18H23N3O2. The highest BCUT2D eigenvalue weighted by Gasteiger charge is 2.39. The molecule has 1 aromatic heterocycles. The zero-order valence-corrected chi connectivity index (χ0v) is 14.2. The third-order valence-electron chi connectivity index (χ3n) is 4.49. The van der Waals surface area contributed by atoms with Gasteiger partial charge in [-0.3, -0.25) is 4.79 Å². The standard InChI is InChI=1S/C18H23N3O2/c1-12-11-18(3,4)21(15-8-6-5-7-14(12)15)17(22)10-9-16-19-13(2)20-23-16/h5-8,12H,9-11H2,1-4H3/t12-/m0/s1. The number of carbonyl (C=O) groups is 1. The number of benzene rings is 1. The lowest BCUT2D eigenvalue weighted by molar-refractivity contribution is -0.119. The third kappa shape index (κ3) is 3.00. The van der Waals surface area contributed by atoms with Gasteiger partial charge >= 0.3 is 0 Å². The molecule has 2 aromatic rings. The van der Waals surface area contributed by atoms with Gasteiger partial charge in [-0.2, -0.15) is 4.98 Å². The van der Waals surface area contributed by atoms with E-state index in [1.54, 1.807) is 6.92 Å². The highest BCUT2D eigenvalue weighted by Crippen LogP contribution is 2.43. The van der Waals surface area contributed by atoms with Crippen LogP contribution in [0.4, 0.5) is 5.69 Å². The Morgan fingerprint density at radius 2 is 2.13 bits per heavy atom. The van der Waals surface area contributed by atoms with Crippen LogP contribution in [-0.4, -0.2) is 21.6 Å². The SMILES string of the molecule is Cc1noc(CCC(=O)N2c3ccccc3[C@@H](C)CC2(C)C)n1. The number of nitrogens with zero attached hydrogens (tertiary/aromatic N) is 3. The van der Waals surface area contributed by atoms with Crippen molar-refractivity contribution in [2.75, 3.05) is 4.90 Å². The Kier molecular flexibility index (Phi) is 3.96. The van der Waals surface area contributed by atoms with Crippen molar-refractivity contribution in [3.8, 4) is 0 Å². The molecule has 23 heavy (non-hydrogen) atoms. The quantitative estimate of drug-likeness (QED) is 0.868. The fourth-order valence-corrected chi connectivity index (χ4v) is 3.62. The van der Waals surface area contributed by atoms with Crippen LogP contribution in [0.3, 0.4) is 0 Å². The lowest BCUT2D eigenvalue weighted by Gasteiger charge is -2.46. The topological polar surface area (TPSA) is 59.2 Å². The van der Waals surface area contributed by atoms with E-state index in [1.165, 1.54) is 5.56 Å². The van der Waals surface area contributed by atoms with Crippen molar-refractivity contribution < 1.29 is 9.32 Å². The zero-order valence-electron chi connectivity index (χ0n) is 14.2. The molecule has 1 aliphatic heterocycles. The van der Waals surface area contributed by atoms with E-state index in [0.717, 1.165) is 12.1 Å². The lowest BCUT2D eigenvalue weighted by atomic mass is 9.80. The predicted octanol–water partition coefficient (Wildman–Crippen LogP) is 3.63. The molecular weight excluding hydrogens is 290 g/mol. The number of fused-ring (bicyclic) bond motifs is 1. The molecule has 0 saturated heterocycles. The van der Waals surface area contributed by atoms with Crippen molar-refractivity contribution in [2.45, 2.75) is 58.4 Å². The van der Waals surface area contributed by atoms with Gasteiger partial charge in [0, 0.05) is 24.1 Å².